The molecule has 0 amide bonds. The number of halogens is 1. The van der Waals surface area contributed by atoms with Gasteiger partial charge in [0.2, 0.25) is 0 Å². The van der Waals surface area contributed by atoms with Gasteiger partial charge in [-0.1, -0.05) is 31.5 Å². The molecule has 0 aliphatic carbocycles. The van der Waals surface area contributed by atoms with Gasteiger partial charge in [0.15, 0.2) is 0 Å². The van der Waals surface area contributed by atoms with Crippen molar-refractivity contribution in [2.24, 2.45) is 0 Å². The lowest BCUT2D eigenvalue weighted by molar-refractivity contribution is 0.637. The molecule has 1 rings (SSSR count). The summed E-state index contributed by atoms with van der Waals surface area (Å²) in [6.07, 6.45) is 2.83. The van der Waals surface area contributed by atoms with Crippen molar-refractivity contribution >= 4 is 11.6 Å². The maximum Gasteiger partial charge on any atom is 0.103 e. The van der Waals surface area contributed by atoms with Crippen LogP contribution >= 0.6 is 11.6 Å². The summed E-state index contributed by atoms with van der Waals surface area (Å²) in [6.45, 7) is 10.6. The Labute approximate surface area is 102 Å². The summed E-state index contributed by atoms with van der Waals surface area (Å²) in [7, 11) is 0. The SMILES string of the molecule is C=CCn1c(C)c(C#N)c(Cl)c1C(C)CC. The van der Waals surface area contributed by atoms with Crippen LogP contribution in [0.1, 0.15) is 43.1 Å². The third-order valence-corrected chi connectivity index (χ3v) is 3.39. The number of allylic oxidation sites excluding steroid dienone is 1. The number of hydrogen-bond donors (Lipinski definition) is 0. The van der Waals surface area contributed by atoms with E-state index in [4.69, 9.17) is 16.9 Å². The summed E-state index contributed by atoms with van der Waals surface area (Å²) in [5.74, 6) is 0.355. The van der Waals surface area contributed by atoms with Crippen molar-refractivity contribution in [1.29, 1.82) is 5.26 Å². The Hall–Kier alpha value is -1.20. The molecule has 0 fully saturated rings. The molecule has 0 radical (unpaired) electrons. The summed E-state index contributed by atoms with van der Waals surface area (Å²) in [6, 6.07) is 2.17. The predicted octanol–water partition coefficient (Wildman–Crippen LogP) is 4.02. The minimum Gasteiger partial charge on any atom is -0.342 e. The smallest absolute Gasteiger partial charge is 0.103 e. The van der Waals surface area contributed by atoms with E-state index in [0.29, 0.717) is 23.0 Å². The zero-order valence-corrected chi connectivity index (χ0v) is 10.8. The van der Waals surface area contributed by atoms with Crippen LogP contribution in [0, 0.1) is 18.3 Å². The van der Waals surface area contributed by atoms with Crippen molar-refractivity contribution in [3.05, 3.63) is 34.6 Å². The van der Waals surface area contributed by atoms with Crippen LogP contribution in [0.2, 0.25) is 5.02 Å². The van der Waals surface area contributed by atoms with E-state index in [1.807, 2.05) is 13.0 Å². The quantitative estimate of drug-likeness (QED) is 0.726. The molecule has 0 spiro atoms. The summed E-state index contributed by atoms with van der Waals surface area (Å²) in [5, 5.41) is 9.69. The van der Waals surface area contributed by atoms with E-state index < -0.39 is 0 Å². The molecule has 0 aliphatic rings. The Kier molecular flexibility index (Phi) is 4.20. The summed E-state index contributed by atoms with van der Waals surface area (Å²) in [4.78, 5) is 0. The molecule has 3 heteroatoms. The highest BCUT2D eigenvalue weighted by molar-refractivity contribution is 6.32. The van der Waals surface area contributed by atoms with Crippen molar-refractivity contribution < 1.29 is 0 Å². The topological polar surface area (TPSA) is 28.7 Å². The summed E-state index contributed by atoms with van der Waals surface area (Å²) < 4.78 is 2.09. The Bertz CT molecular complexity index is 438. The van der Waals surface area contributed by atoms with Crippen molar-refractivity contribution in [3.8, 4) is 6.07 Å². The molecule has 1 aromatic rings. The first-order chi connectivity index (χ1) is 7.58. The van der Waals surface area contributed by atoms with Crippen molar-refractivity contribution in [2.45, 2.75) is 39.7 Å². The van der Waals surface area contributed by atoms with Crippen molar-refractivity contribution in [2.75, 3.05) is 0 Å². The van der Waals surface area contributed by atoms with E-state index in [2.05, 4.69) is 31.1 Å². The fraction of sp³-hybridized carbons (Fsp3) is 0.462. The van der Waals surface area contributed by atoms with Gasteiger partial charge in [0, 0.05) is 17.9 Å². The molecule has 0 N–H and O–H groups in total. The maximum absolute atomic E-state index is 9.09. The minimum absolute atomic E-state index is 0.355. The van der Waals surface area contributed by atoms with Crippen LogP contribution in [0.25, 0.3) is 0 Å². The highest BCUT2D eigenvalue weighted by atomic mass is 35.5. The number of aromatic nitrogens is 1. The van der Waals surface area contributed by atoms with Crippen LogP contribution in [0.5, 0.6) is 0 Å². The lowest BCUT2D eigenvalue weighted by atomic mass is 10.0. The average molecular weight is 237 g/mol. The van der Waals surface area contributed by atoms with Gasteiger partial charge in [-0.3, -0.25) is 0 Å². The van der Waals surface area contributed by atoms with Crippen molar-refractivity contribution in [3.63, 3.8) is 0 Å². The predicted molar refractivity (Wildman–Crippen MR) is 67.8 cm³/mol. The van der Waals surface area contributed by atoms with Gasteiger partial charge in [-0.2, -0.15) is 5.26 Å². The van der Waals surface area contributed by atoms with E-state index >= 15 is 0 Å². The van der Waals surface area contributed by atoms with Gasteiger partial charge in [-0.15, -0.1) is 6.58 Å². The lowest BCUT2D eigenvalue weighted by Gasteiger charge is -2.14. The molecular formula is C13H17ClN2. The molecule has 0 saturated carbocycles. The Morgan fingerprint density at radius 2 is 2.25 bits per heavy atom. The highest BCUT2D eigenvalue weighted by Crippen LogP contribution is 2.33. The maximum atomic E-state index is 9.09. The molecule has 1 heterocycles. The Morgan fingerprint density at radius 1 is 1.62 bits per heavy atom. The Balaban J connectivity index is 3.44. The first-order valence-corrected chi connectivity index (χ1v) is 5.85. The molecule has 0 bridgehead atoms. The van der Waals surface area contributed by atoms with E-state index in [-0.39, 0.29) is 0 Å². The fourth-order valence-corrected chi connectivity index (χ4v) is 2.36. The van der Waals surface area contributed by atoms with Crippen molar-refractivity contribution in [1.82, 2.24) is 4.57 Å². The minimum atomic E-state index is 0.355. The second-order valence-electron chi connectivity index (χ2n) is 3.98. The molecule has 1 unspecified atom stereocenters. The van der Waals surface area contributed by atoms with Gasteiger partial charge in [-0.25, -0.2) is 0 Å². The average Bonchev–Trinajstić information content (AvgIpc) is 2.50. The van der Waals surface area contributed by atoms with E-state index in [1.54, 1.807) is 0 Å². The molecule has 2 nitrogen and oxygen atoms in total. The van der Waals surface area contributed by atoms with Gasteiger partial charge < -0.3 is 4.57 Å². The van der Waals surface area contributed by atoms with Gasteiger partial charge in [0.05, 0.1) is 10.6 Å². The second kappa shape index (κ2) is 5.23. The summed E-state index contributed by atoms with van der Waals surface area (Å²) in [5.41, 5.74) is 2.58. The normalized spacial score (nSPS) is 12.2. The van der Waals surface area contributed by atoms with Gasteiger partial charge >= 0.3 is 0 Å². The van der Waals surface area contributed by atoms with Crippen LogP contribution in [0.3, 0.4) is 0 Å². The van der Waals surface area contributed by atoms with Crippen LogP contribution in [0.4, 0.5) is 0 Å². The summed E-state index contributed by atoms with van der Waals surface area (Å²) >= 11 is 6.27. The van der Waals surface area contributed by atoms with E-state index in [1.165, 1.54) is 0 Å². The third kappa shape index (κ3) is 2.01. The molecule has 0 aromatic carbocycles. The lowest BCUT2D eigenvalue weighted by Crippen LogP contribution is -2.06. The molecule has 0 saturated heterocycles. The monoisotopic (exact) mass is 236 g/mol. The van der Waals surface area contributed by atoms with E-state index in [9.17, 15) is 0 Å². The first-order valence-electron chi connectivity index (χ1n) is 5.47. The molecule has 86 valence electrons. The third-order valence-electron chi connectivity index (χ3n) is 3.00. The van der Waals surface area contributed by atoms with Crippen LogP contribution in [-0.2, 0) is 6.54 Å². The molecule has 0 aliphatic heterocycles. The largest absolute Gasteiger partial charge is 0.342 e. The highest BCUT2D eigenvalue weighted by Gasteiger charge is 2.21. The number of nitrogens with zero attached hydrogens (tertiary/aromatic N) is 2. The zero-order chi connectivity index (χ0) is 12.3. The van der Waals surface area contributed by atoms with Gasteiger partial charge in [0.25, 0.3) is 0 Å². The molecular weight excluding hydrogens is 220 g/mol. The first kappa shape index (κ1) is 12.9. The van der Waals surface area contributed by atoms with E-state index in [0.717, 1.165) is 17.8 Å². The van der Waals surface area contributed by atoms with Crippen LogP contribution < -0.4 is 0 Å². The second-order valence-corrected chi connectivity index (χ2v) is 4.36. The molecule has 1 aromatic heterocycles. The van der Waals surface area contributed by atoms with Gasteiger partial charge in [-0.05, 0) is 19.3 Å². The van der Waals surface area contributed by atoms with Crippen LogP contribution in [0.15, 0.2) is 12.7 Å². The molecule has 16 heavy (non-hydrogen) atoms. The number of hydrogen-bond acceptors (Lipinski definition) is 1. The van der Waals surface area contributed by atoms with Crippen LogP contribution in [-0.4, -0.2) is 4.57 Å². The molecule has 1 atom stereocenters. The zero-order valence-electron chi connectivity index (χ0n) is 10.0. The number of rotatable bonds is 4. The number of nitriles is 1. The Morgan fingerprint density at radius 3 is 2.69 bits per heavy atom. The fourth-order valence-electron chi connectivity index (χ4n) is 1.89. The van der Waals surface area contributed by atoms with Gasteiger partial charge in [0.1, 0.15) is 6.07 Å². The standard InChI is InChI=1S/C13H17ClN2/c1-5-7-16-10(4)11(8-15)12(14)13(16)9(3)6-2/h5,9H,1,6-7H2,2-4H3.